The van der Waals surface area contributed by atoms with Crippen molar-refractivity contribution in [2.45, 2.75) is 6.92 Å². The largest absolute Gasteiger partial charge is 0.495 e. The molecule has 0 bridgehead atoms. The zero-order valence-corrected chi connectivity index (χ0v) is 15.5. The number of methoxy groups -OCH3 is 1. The lowest BCUT2D eigenvalue weighted by Gasteiger charge is -2.24. The van der Waals surface area contributed by atoms with Crippen molar-refractivity contribution in [1.29, 1.82) is 5.26 Å². The molecule has 0 aliphatic carbocycles. The molecule has 0 unspecified atom stereocenters. The highest BCUT2D eigenvalue weighted by atomic mass is 32.2. The van der Waals surface area contributed by atoms with Gasteiger partial charge in [0.2, 0.25) is 15.9 Å². The molecule has 1 N–H and O–H groups in total. The molecule has 0 saturated heterocycles. The Balaban J connectivity index is 2.34. The van der Waals surface area contributed by atoms with Gasteiger partial charge in [-0.2, -0.15) is 5.26 Å². The SMILES string of the molecule is COc1ccc(C)cc1N(CC(=O)Nc1ccccc1C#N)S(C)(=O)=O. The second-order valence-corrected chi connectivity index (χ2v) is 7.56. The molecule has 2 aromatic carbocycles. The fraction of sp³-hybridized carbons (Fsp3) is 0.222. The van der Waals surface area contributed by atoms with Crippen molar-refractivity contribution in [3.05, 3.63) is 53.6 Å². The molecule has 2 rings (SSSR count). The first-order chi connectivity index (χ1) is 12.3. The van der Waals surface area contributed by atoms with E-state index in [2.05, 4.69) is 5.32 Å². The minimum absolute atomic E-state index is 0.277. The van der Waals surface area contributed by atoms with Crippen LogP contribution >= 0.6 is 0 Å². The fourth-order valence-corrected chi connectivity index (χ4v) is 3.24. The van der Waals surface area contributed by atoms with E-state index in [4.69, 9.17) is 10.00 Å². The normalized spacial score (nSPS) is 10.7. The summed E-state index contributed by atoms with van der Waals surface area (Å²) in [4.78, 5) is 12.4. The summed E-state index contributed by atoms with van der Waals surface area (Å²) < 4.78 is 30.7. The van der Waals surface area contributed by atoms with Gasteiger partial charge >= 0.3 is 0 Å². The second kappa shape index (κ2) is 7.89. The summed E-state index contributed by atoms with van der Waals surface area (Å²) in [5.41, 5.74) is 1.72. The number of ether oxygens (including phenoxy) is 1. The monoisotopic (exact) mass is 373 g/mol. The van der Waals surface area contributed by atoms with Gasteiger partial charge in [0.15, 0.2) is 0 Å². The highest BCUT2D eigenvalue weighted by Gasteiger charge is 2.24. The molecule has 0 fully saturated rings. The number of carbonyl (C=O) groups is 1. The van der Waals surface area contributed by atoms with Gasteiger partial charge in [-0.15, -0.1) is 0 Å². The fourth-order valence-electron chi connectivity index (χ4n) is 2.39. The number of benzene rings is 2. The van der Waals surface area contributed by atoms with Crippen molar-refractivity contribution < 1.29 is 17.9 Å². The predicted octanol–water partition coefficient (Wildman–Crippen LogP) is 2.28. The number of amides is 1. The Kier molecular flexibility index (Phi) is 5.85. The van der Waals surface area contributed by atoms with Gasteiger partial charge in [0.05, 0.1) is 30.3 Å². The first kappa shape index (κ1) is 19.3. The summed E-state index contributed by atoms with van der Waals surface area (Å²) >= 11 is 0. The van der Waals surface area contributed by atoms with Crippen LogP contribution in [0.1, 0.15) is 11.1 Å². The number of sulfonamides is 1. The van der Waals surface area contributed by atoms with E-state index in [1.807, 2.05) is 13.0 Å². The number of rotatable bonds is 6. The zero-order valence-electron chi connectivity index (χ0n) is 14.7. The highest BCUT2D eigenvalue weighted by molar-refractivity contribution is 7.92. The van der Waals surface area contributed by atoms with Crippen LogP contribution < -0.4 is 14.4 Å². The number of anilines is 2. The number of hydrogen-bond acceptors (Lipinski definition) is 5. The minimum Gasteiger partial charge on any atom is -0.495 e. The quantitative estimate of drug-likeness (QED) is 0.837. The van der Waals surface area contributed by atoms with Gasteiger partial charge in [0.1, 0.15) is 18.4 Å². The second-order valence-electron chi connectivity index (χ2n) is 5.65. The molecule has 136 valence electrons. The van der Waals surface area contributed by atoms with Gasteiger partial charge in [-0.3, -0.25) is 9.10 Å². The predicted molar refractivity (Wildman–Crippen MR) is 99.7 cm³/mol. The summed E-state index contributed by atoms with van der Waals surface area (Å²) in [5, 5.41) is 11.7. The van der Waals surface area contributed by atoms with Crippen LogP contribution in [0.25, 0.3) is 0 Å². The van der Waals surface area contributed by atoms with Crippen LogP contribution in [0.4, 0.5) is 11.4 Å². The van der Waals surface area contributed by atoms with E-state index < -0.39 is 22.5 Å². The third-order valence-electron chi connectivity index (χ3n) is 3.61. The number of para-hydroxylation sites is 1. The van der Waals surface area contributed by atoms with Crippen LogP contribution in [0.3, 0.4) is 0 Å². The lowest BCUT2D eigenvalue weighted by atomic mass is 10.2. The number of aryl methyl sites for hydroxylation is 1. The first-order valence-electron chi connectivity index (χ1n) is 7.67. The first-order valence-corrected chi connectivity index (χ1v) is 9.52. The Labute approximate surface area is 152 Å². The Hall–Kier alpha value is -3.05. The summed E-state index contributed by atoms with van der Waals surface area (Å²) in [5.74, 6) is -0.229. The standard InChI is InChI=1S/C18H19N3O4S/c1-13-8-9-17(25-2)16(10-13)21(26(3,23)24)12-18(22)20-15-7-5-4-6-14(15)11-19/h4-10H,12H2,1-3H3,(H,20,22). The van der Waals surface area contributed by atoms with E-state index in [0.29, 0.717) is 17.0 Å². The summed E-state index contributed by atoms with van der Waals surface area (Å²) in [6.45, 7) is 1.37. The van der Waals surface area contributed by atoms with Crippen LogP contribution in [0.5, 0.6) is 5.75 Å². The molecule has 0 heterocycles. The Bertz CT molecular complexity index is 965. The molecule has 1 amide bonds. The van der Waals surface area contributed by atoms with Crippen molar-refractivity contribution in [2.24, 2.45) is 0 Å². The number of hydrogen-bond donors (Lipinski definition) is 1. The maximum absolute atomic E-state index is 12.4. The van der Waals surface area contributed by atoms with Crippen LogP contribution in [0.15, 0.2) is 42.5 Å². The van der Waals surface area contributed by atoms with Crippen molar-refractivity contribution in [2.75, 3.05) is 29.5 Å². The van der Waals surface area contributed by atoms with E-state index >= 15 is 0 Å². The van der Waals surface area contributed by atoms with Gasteiger partial charge < -0.3 is 10.1 Å². The summed E-state index contributed by atoms with van der Waals surface area (Å²) in [6.07, 6.45) is 1.02. The Morgan fingerprint density at radius 3 is 2.58 bits per heavy atom. The molecular formula is C18H19N3O4S. The van der Waals surface area contributed by atoms with Gasteiger partial charge in [0, 0.05) is 0 Å². The van der Waals surface area contributed by atoms with Crippen LogP contribution in [0.2, 0.25) is 0 Å². The van der Waals surface area contributed by atoms with E-state index in [-0.39, 0.29) is 5.69 Å². The molecule has 0 spiro atoms. The molecule has 7 nitrogen and oxygen atoms in total. The molecule has 0 aliphatic rings. The average Bonchev–Trinajstić information content (AvgIpc) is 2.59. The Morgan fingerprint density at radius 2 is 1.96 bits per heavy atom. The van der Waals surface area contributed by atoms with Gasteiger partial charge in [0.25, 0.3) is 0 Å². The lowest BCUT2D eigenvalue weighted by molar-refractivity contribution is -0.114. The molecule has 2 aromatic rings. The molecule has 0 aromatic heterocycles. The molecular weight excluding hydrogens is 354 g/mol. The van der Waals surface area contributed by atoms with Crippen molar-refractivity contribution in [1.82, 2.24) is 0 Å². The number of nitrogens with zero attached hydrogens (tertiary/aromatic N) is 2. The van der Waals surface area contributed by atoms with Crippen molar-refractivity contribution >= 4 is 27.3 Å². The molecule has 0 aliphatic heterocycles. The van der Waals surface area contributed by atoms with Gasteiger partial charge in [-0.05, 0) is 36.8 Å². The average molecular weight is 373 g/mol. The molecule has 8 heteroatoms. The number of nitrogens with one attached hydrogen (secondary N) is 1. The van der Waals surface area contributed by atoms with E-state index in [9.17, 15) is 13.2 Å². The Morgan fingerprint density at radius 1 is 1.27 bits per heavy atom. The van der Waals surface area contributed by atoms with Crippen LogP contribution in [0, 0.1) is 18.3 Å². The summed E-state index contributed by atoms with van der Waals surface area (Å²) in [6, 6.07) is 13.5. The zero-order chi connectivity index (χ0) is 19.3. The highest BCUT2D eigenvalue weighted by Crippen LogP contribution is 2.31. The van der Waals surface area contributed by atoms with Crippen LogP contribution in [-0.4, -0.2) is 34.2 Å². The van der Waals surface area contributed by atoms with Gasteiger partial charge in [-0.25, -0.2) is 8.42 Å². The lowest BCUT2D eigenvalue weighted by Crippen LogP contribution is -2.37. The van der Waals surface area contributed by atoms with E-state index in [1.165, 1.54) is 7.11 Å². The van der Waals surface area contributed by atoms with E-state index in [0.717, 1.165) is 16.1 Å². The molecule has 0 saturated carbocycles. The third-order valence-corrected chi connectivity index (χ3v) is 4.74. The topological polar surface area (TPSA) is 99.5 Å². The van der Waals surface area contributed by atoms with Crippen molar-refractivity contribution in [3.8, 4) is 11.8 Å². The maximum atomic E-state index is 12.4. The number of carbonyl (C=O) groups excluding carboxylic acids is 1. The molecule has 0 radical (unpaired) electrons. The van der Waals surface area contributed by atoms with Gasteiger partial charge in [-0.1, -0.05) is 18.2 Å². The smallest absolute Gasteiger partial charge is 0.245 e. The van der Waals surface area contributed by atoms with E-state index in [1.54, 1.807) is 42.5 Å². The minimum atomic E-state index is -3.74. The molecule has 0 atom stereocenters. The third kappa shape index (κ3) is 4.52. The van der Waals surface area contributed by atoms with Crippen LogP contribution in [-0.2, 0) is 14.8 Å². The number of nitriles is 1. The molecule has 26 heavy (non-hydrogen) atoms. The van der Waals surface area contributed by atoms with Crippen molar-refractivity contribution in [3.63, 3.8) is 0 Å². The maximum Gasteiger partial charge on any atom is 0.245 e. The summed E-state index contributed by atoms with van der Waals surface area (Å²) in [7, 11) is -2.31.